The standard InChI is InChI=1S/C32H36N2O6/c1-5-12-38-24-9-6-22(7-10-24)31-29(32(36)37)25(23-8-11-26-27(15-23)40-18-39-26)16-34(31)17-28(35)33-30-20(3)13-19(2)14-21(30)4/h6-11,13-15,25,29,31H,5,12,16-18H2,1-4H3,(H,33,35)(H,36,37)/t25?,29-,31+/m0/s1. The Morgan fingerprint density at radius 2 is 1.65 bits per heavy atom. The summed E-state index contributed by atoms with van der Waals surface area (Å²) in [6.45, 7) is 9.23. The number of likely N-dealkylation sites (tertiary alicyclic amines) is 1. The van der Waals surface area contributed by atoms with Crippen LogP contribution in [0.1, 0.15) is 53.1 Å². The van der Waals surface area contributed by atoms with Gasteiger partial charge in [-0.1, -0.05) is 42.8 Å². The Bertz CT molecular complexity index is 1380. The van der Waals surface area contributed by atoms with Crippen molar-refractivity contribution < 1.29 is 28.9 Å². The lowest BCUT2D eigenvalue weighted by molar-refractivity contribution is -0.143. The minimum atomic E-state index is -0.910. The van der Waals surface area contributed by atoms with Crippen LogP contribution in [0.3, 0.4) is 0 Å². The number of nitrogens with zero attached hydrogens (tertiary/aromatic N) is 1. The van der Waals surface area contributed by atoms with E-state index in [1.54, 1.807) is 0 Å². The van der Waals surface area contributed by atoms with Crippen LogP contribution in [-0.4, -0.2) is 48.4 Å². The molecule has 3 atom stereocenters. The van der Waals surface area contributed by atoms with Gasteiger partial charge in [0.25, 0.3) is 0 Å². The molecule has 1 amide bonds. The third-order valence-corrected chi connectivity index (χ3v) is 7.69. The van der Waals surface area contributed by atoms with Crippen molar-refractivity contribution in [1.82, 2.24) is 4.90 Å². The molecule has 0 aromatic heterocycles. The molecule has 1 fully saturated rings. The van der Waals surface area contributed by atoms with E-state index in [1.165, 1.54) is 0 Å². The highest BCUT2D eigenvalue weighted by molar-refractivity contribution is 5.94. The van der Waals surface area contributed by atoms with Crippen LogP contribution in [0.5, 0.6) is 17.2 Å². The van der Waals surface area contributed by atoms with Crippen LogP contribution in [0.25, 0.3) is 0 Å². The average Bonchev–Trinajstić information content (AvgIpc) is 3.54. The van der Waals surface area contributed by atoms with E-state index < -0.39 is 17.9 Å². The normalized spacial score (nSPS) is 19.9. The van der Waals surface area contributed by atoms with Crippen LogP contribution >= 0.6 is 0 Å². The SMILES string of the molecule is CCCOc1ccc([C@@H]2[C@@H](C(=O)O)C(c3ccc4c(c3)OCO4)CN2CC(=O)Nc2c(C)cc(C)cc2C)cc1. The topological polar surface area (TPSA) is 97.3 Å². The Kier molecular flexibility index (Phi) is 7.98. The van der Waals surface area contributed by atoms with Crippen molar-refractivity contribution in [3.05, 3.63) is 82.4 Å². The molecule has 2 aliphatic rings. The van der Waals surface area contributed by atoms with Crippen LogP contribution in [-0.2, 0) is 9.59 Å². The van der Waals surface area contributed by atoms with Gasteiger partial charge in [0, 0.05) is 24.2 Å². The quantitative estimate of drug-likeness (QED) is 0.361. The predicted molar refractivity (Wildman–Crippen MR) is 152 cm³/mol. The number of carbonyl (C=O) groups excluding carboxylic acids is 1. The number of carboxylic acid groups (broad SMARTS) is 1. The van der Waals surface area contributed by atoms with Crippen molar-refractivity contribution in [3.8, 4) is 17.2 Å². The lowest BCUT2D eigenvalue weighted by atomic mass is 9.82. The summed E-state index contributed by atoms with van der Waals surface area (Å²) in [5.74, 6) is -0.241. The number of aliphatic carboxylic acids is 1. The molecule has 5 rings (SSSR count). The Morgan fingerprint density at radius 3 is 2.33 bits per heavy atom. The number of amides is 1. The zero-order chi connectivity index (χ0) is 28.4. The Labute approximate surface area is 234 Å². The van der Waals surface area contributed by atoms with E-state index >= 15 is 0 Å². The van der Waals surface area contributed by atoms with Crippen LogP contribution in [0.15, 0.2) is 54.6 Å². The second kappa shape index (κ2) is 11.6. The van der Waals surface area contributed by atoms with Crippen molar-refractivity contribution in [3.63, 3.8) is 0 Å². The molecule has 3 aromatic rings. The molecule has 2 aliphatic heterocycles. The number of hydrogen-bond acceptors (Lipinski definition) is 6. The van der Waals surface area contributed by atoms with Gasteiger partial charge in [-0.25, -0.2) is 0 Å². The largest absolute Gasteiger partial charge is 0.494 e. The van der Waals surface area contributed by atoms with Gasteiger partial charge in [0.05, 0.1) is 19.1 Å². The molecule has 40 heavy (non-hydrogen) atoms. The summed E-state index contributed by atoms with van der Waals surface area (Å²) >= 11 is 0. The van der Waals surface area contributed by atoms with E-state index in [0.717, 1.165) is 45.7 Å². The Balaban J connectivity index is 1.47. The second-order valence-corrected chi connectivity index (χ2v) is 10.7. The molecule has 210 valence electrons. The van der Waals surface area contributed by atoms with Crippen molar-refractivity contribution in [2.75, 3.05) is 31.8 Å². The number of fused-ring (bicyclic) bond motifs is 1. The number of carboxylic acids is 1. The molecule has 1 unspecified atom stereocenters. The summed E-state index contributed by atoms with van der Waals surface area (Å²) in [4.78, 5) is 28.2. The molecule has 8 nitrogen and oxygen atoms in total. The third-order valence-electron chi connectivity index (χ3n) is 7.69. The summed E-state index contributed by atoms with van der Waals surface area (Å²) in [5, 5.41) is 13.6. The number of carbonyl (C=O) groups is 2. The molecule has 1 saturated heterocycles. The van der Waals surface area contributed by atoms with E-state index in [-0.39, 0.29) is 25.2 Å². The van der Waals surface area contributed by atoms with E-state index in [2.05, 4.69) is 5.32 Å². The van der Waals surface area contributed by atoms with Gasteiger partial charge < -0.3 is 24.6 Å². The maximum atomic E-state index is 13.4. The molecule has 0 spiro atoms. The minimum Gasteiger partial charge on any atom is -0.494 e. The maximum absolute atomic E-state index is 13.4. The summed E-state index contributed by atoms with van der Waals surface area (Å²) in [5.41, 5.74) is 5.59. The number of nitrogens with one attached hydrogen (secondary N) is 1. The fraction of sp³-hybridized carbons (Fsp3) is 0.375. The number of hydrogen-bond donors (Lipinski definition) is 2. The van der Waals surface area contributed by atoms with Gasteiger partial charge in [0.1, 0.15) is 5.75 Å². The lowest BCUT2D eigenvalue weighted by Gasteiger charge is -2.27. The first kappa shape index (κ1) is 27.5. The lowest BCUT2D eigenvalue weighted by Crippen LogP contribution is -2.35. The highest BCUT2D eigenvalue weighted by atomic mass is 16.7. The van der Waals surface area contributed by atoms with Crippen LogP contribution < -0.4 is 19.5 Å². The molecule has 0 aliphatic carbocycles. The van der Waals surface area contributed by atoms with E-state index in [1.807, 2.05) is 87.2 Å². The van der Waals surface area contributed by atoms with Gasteiger partial charge in [-0.15, -0.1) is 0 Å². The minimum absolute atomic E-state index is 0.0519. The number of benzene rings is 3. The van der Waals surface area contributed by atoms with Crippen molar-refractivity contribution in [2.45, 2.75) is 46.1 Å². The van der Waals surface area contributed by atoms with E-state index in [4.69, 9.17) is 14.2 Å². The molecule has 2 heterocycles. The van der Waals surface area contributed by atoms with Crippen LogP contribution in [0.4, 0.5) is 5.69 Å². The molecule has 0 saturated carbocycles. The third kappa shape index (κ3) is 5.63. The van der Waals surface area contributed by atoms with Gasteiger partial charge in [-0.3, -0.25) is 14.5 Å². The van der Waals surface area contributed by atoms with Crippen LogP contribution in [0, 0.1) is 26.7 Å². The van der Waals surface area contributed by atoms with Crippen molar-refractivity contribution >= 4 is 17.6 Å². The number of rotatable bonds is 9. The van der Waals surface area contributed by atoms with Crippen molar-refractivity contribution in [2.24, 2.45) is 5.92 Å². The predicted octanol–water partition coefficient (Wildman–Crippen LogP) is 5.61. The van der Waals surface area contributed by atoms with Gasteiger partial charge in [0.15, 0.2) is 11.5 Å². The monoisotopic (exact) mass is 544 g/mol. The molecule has 0 bridgehead atoms. The highest BCUT2D eigenvalue weighted by Crippen LogP contribution is 2.47. The molecular formula is C32H36N2O6. The zero-order valence-corrected chi connectivity index (χ0v) is 23.4. The zero-order valence-electron chi connectivity index (χ0n) is 23.4. The van der Waals surface area contributed by atoms with Crippen LogP contribution in [0.2, 0.25) is 0 Å². The first-order chi connectivity index (χ1) is 19.2. The highest BCUT2D eigenvalue weighted by Gasteiger charge is 2.48. The Morgan fingerprint density at radius 1 is 0.975 bits per heavy atom. The average molecular weight is 545 g/mol. The van der Waals surface area contributed by atoms with Gasteiger partial charge in [-0.05, 0) is 73.7 Å². The molecule has 8 heteroatoms. The summed E-state index contributed by atoms with van der Waals surface area (Å²) in [6, 6.07) is 16.7. The fourth-order valence-corrected chi connectivity index (χ4v) is 5.99. The maximum Gasteiger partial charge on any atom is 0.309 e. The smallest absolute Gasteiger partial charge is 0.309 e. The van der Waals surface area contributed by atoms with E-state index in [0.29, 0.717) is 24.7 Å². The molecule has 3 aromatic carbocycles. The number of ether oxygens (including phenoxy) is 3. The molecule has 0 radical (unpaired) electrons. The van der Waals surface area contributed by atoms with E-state index in [9.17, 15) is 14.7 Å². The fourth-order valence-electron chi connectivity index (χ4n) is 5.99. The Hall–Kier alpha value is -4.04. The van der Waals surface area contributed by atoms with Gasteiger partial charge in [-0.2, -0.15) is 0 Å². The van der Waals surface area contributed by atoms with Gasteiger partial charge >= 0.3 is 5.97 Å². The number of aryl methyl sites for hydroxylation is 3. The van der Waals surface area contributed by atoms with Gasteiger partial charge in [0.2, 0.25) is 12.7 Å². The van der Waals surface area contributed by atoms with Crippen molar-refractivity contribution in [1.29, 1.82) is 0 Å². The second-order valence-electron chi connectivity index (χ2n) is 10.7. The summed E-state index contributed by atoms with van der Waals surface area (Å²) in [6.07, 6.45) is 0.894. The molecule has 2 N–H and O–H groups in total. The summed E-state index contributed by atoms with van der Waals surface area (Å²) < 4.78 is 16.8. The molecular weight excluding hydrogens is 508 g/mol. The first-order valence-corrected chi connectivity index (χ1v) is 13.7. The summed E-state index contributed by atoms with van der Waals surface area (Å²) in [7, 11) is 0. The first-order valence-electron chi connectivity index (χ1n) is 13.7. The number of anilines is 1.